The summed E-state index contributed by atoms with van der Waals surface area (Å²) in [5.74, 6) is -0.484. The van der Waals surface area contributed by atoms with Crippen molar-refractivity contribution in [3.63, 3.8) is 0 Å². The molecule has 0 aromatic carbocycles. The van der Waals surface area contributed by atoms with Crippen LogP contribution in [0.4, 0.5) is 0 Å². The van der Waals surface area contributed by atoms with E-state index in [2.05, 4.69) is 5.16 Å². The maximum atomic E-state index is 12.6. The van der Waals surface area contributed by atoms with Crippen LogP contribution in [-0.4, -0.2) is 54.7 Å². The second-order valence-electron chi connectivity index (χ2n) is 5.87. The van der Waals surface area contributed by atoms with Gasteiger partial charge in [-0.1, -0.05) is 16.8 Å². The summed E-state index contributed by atoms with van der Waals surface area (Å²) < 4.78 is 12.1. The van der Waals surface area contributed by atoms with Gasteiger partial charge in [-0.2, -0.15) is 0 Å². The van der Waals surface area contributed by atoms with Gasteiger partial charge in [0.25, 0.3) is 5.91 Å². The monoisotopic (exact) mass is 356 g/mol. The Morgan fingerprint density at radius 2 is 2.04 bits per heavy atom. The van der Waals surface area contributed by atoms with Crippen molar-refractivity contribution in [1.82, 2.24) is 4.90 Å². The number of nitrogens with zero attached hydrogens (tertiary/aromatic N) is 2. The van der Waals surface area contributed by atoms with Crippen LogP contribution in [0.15, 0.2) is 17.3 Å². The number of halogens is 1. The molecule has 23 heavy (non-hydrogen) atoms. The van der Waals surface area contributed by atoms with Crippen molar-refractivity contribution in [2.24, 2.45) is 5.16 Å². The van der Waals surface area contributed by atoms with Gasteiger partial charge in [0.1, 0.15) is 5.71 Å². The Balaban J connectivity index is 1.34. The highest BCUT2D eigenvalue weighted by Gasteiger charge is 2.42. The third-order valence-corrected chi connectivity index (χ3v) is 5.73. The molecule has 0 aliphatic carbocycles. The number of hydrogen-bond donors (Lipinski definition) is 0. The molecule has 0 unspecified atom stereocenters. The molecule has 0 bridgehead atoms. The third kappa shape index (κ3) is 2.98. The zero-order valence-electron chi connectivity index (χ0n) is 12.5. The van der Waals surface area contributed by atoms with Gasteiger partial charge >= 0.3 is 0 Å². The Bertz CT molecular complexity index is 631. The molecule has 2 saturated heterocycles. The van der Waals surface area contributed by atoms with E-state index >= 15 is 0 Å². The fraction of sp³-hybridized carbons (Fsp3) is 0.600. The van der Waals surface area contributed by atoms with Crippen LogP contribution in [0.3, 0.4) is 0 Å². The molecule has 4 heterocycles. The fourth-order valence-corrected chi connectivity index (χ4v) is 4.21. The van der Waals surface area contributed by atoms with Crippen LogP contribution in [-0.2, 0) is 19.1 Å². The topological polar surface area (TPSA) is 60.4 Å². The first kappa shape index (κ1) is 15.4. The Hall–Kier alpha value is -1.15. The van der Waals surface area contributed by atoms with Crippen LogP contribution in [0.5, 0.6) is 0 Å². The lowest BCUT2D eigenvalue weighted by Crippen LogP contribution is -2.50. The standard InChI is InChI=1S/C15H17ClN2O4S/c16-13-2-1-12(23-13)10-9-11(22-17-10)14(19)18-5-3-15(4-6-18)20-7-8-21-15/h1-2,11H,3-9H2/t11-/m0/s1. The van der Waals surface area contributed by atoms with E-state index in [1.54, 1.807) is 0 Å². The van der Waals surface area contributed by atoms with Crippen molar-refractivity contribution >= 4 is 34.6 Å². The van der Waals surface area contributed by atoms with Gasteiger partial charge in [0, 0.05) is 32.4 Å². The highest BCUT2D eigenvalue weighted by atomic mass is 35.5. The molecule has 3 aliphatic rings. The van der Waals surface area contributed by atoms with E-state index in [-0.39, 0.29) is 5.91 Å². The molecule has 1 aromatic heterocycles. The minimum Gasteiger partial charge on any atom is -0.382 e. The molecule has 0 N–H and O–H groups in total. The number of amides is 1. The molecule has 6 nitrogen and oxygen atoms in total. The van der Waals surface area contributed by atoms with E-state index in [1.165, 1.54) is 11.3 Å². The predicted octanol–water partition coefficient (Wildman–Crippen LogP) is 2.26. The van der Waals surface area contributed by atoms with Crippen LogP contribution >= 0.6 is 22.9 Å². The van der Waals surface area contributed by atoms with Gasteiger partial charge in [0.15, 0.2) is 5.79 Å². The van der Waals surface area contributed by atoms with Gasteiger partial charge in [-0.3, -0.25) is 4.79 Å². The highest BCUT2D eigenvalue weighted by molar-refractivity contribution is 7.18. The van der Waals surface area contributed by atoms with Crippen LogP contribution in [0.25, 0.3) is 0 Å². The lowest BCUT2D eigenvalue weighted by Gasteiger charge is -2.38. The third-order valence-electron chi connectivity index (χ3n) is 4.45. The number of carbonyl (C=O) groups excluding carboxylic acids is 1. The van der Waals surface area contributed by atoms with Crippen molar-refractivity contribution in [2.45, 2.75) is 31.2 Å². The number of thiophene rings is 1. The number of piperidine rings is 1. The summed E-state index contributed by atoms with van der Waals surface area (Å²) in [5, 5.41) is 4.06. The van der Waals surface area contributed by atoms with E-state index in [9.17, 15) is 4.79 Å². The first-order chi connectivity index (χ1) is 11.2. The maximum Gasteiger partial charge on any atom is 0.266 e. The summed E-state index contributed by atoms with van der Waals surface area (Å²) in [5.41, 5.74) is 0.788. The summed E-state index contributed by atoms with van der Waals surface area (Å²) in [4.78, 5) is 20.7. The molecule has 8 heteroatoms. The molecular weight excluding hydrogens is 340 g/mol. The minimum atomic E-state index is -0.537. The summed E-state index contributed by atoms with van der Waals surface area (Å²) >= 11 is 7.39. The normalized spacial score (nSPS) is 26.4. The van der Waals surface area contributed by atoms with Crippen molar-refractivity contribution in [1.29, 1.82) is 0 Å². The summed E-state index contributed by atoms with van der Waals surface area (Å²) in [6.45, 7) is 2.53. The molecule has 1 atom stereocenters. The van der Waals surface area contributed by atoms with Crippen molar-refractivity contribution in [3.05, 3.63) is 21.3 Å². The minimum absolute atomic E-state index is 0.0146. The number of rotatable bonds is 2. The number of hydrogen-bond acceptors (Lipinski definition) is 6. The van der Waals surface area contributed by atoms with E-state index in [0.717, 1.165) is 10.6 Å². The smallest absolute Gasteiger partial charge is 0.266 e. The Morgan fingerprint density at radius 3 is 2.70 bits per heavy atom. The second kappa shape index (κ2) is 6.05. The molecule has 2 fully saturated rings. The quantitative estimate of drug-likeness (QED) is 0.815. The lowest BCUT2D eigenvalue weighted by molar-refractivity contribution is -0.189. The first-order valence-electron chi connectivity index (χ1n) is 7.70. The average Bonchev–Trinajstić information content (AvgIpc) is 3.28. The van der Waals surface area contributed by atoms with Crippen molar-refractivity contribution in [2.75, 3.05) is 26.3 Å². The number of ether oxygens (including phenoxy) is 2. The zero-order valence-corrected chi connectivity index (χ0v) is 14.1. The predicted molar refractivity (Wildman–Crippen MR) is 85.8 cm³/mol. The van der Waals surface area contributed by atoms with Crippen LogP contribution in [0.1, 0.15) is 24.1 Å². The molecule has 1 amide bonds. The molecular formula is C15H17ClN2O4S. The SMILES string of the molecule is O=C([C@@H]1CC(c2ccc(Cl)s2)=NO1)N1CCC2(CC1)OCCO2. The fourth-order valence-electron chi connectivity index (χ4n) is 3.18. The molecule has 4 rings (SSSR count). The maximum absolute atomic E-state index is 12.6. The molecule has 124 valence electrons. The van der Waals surface area contributed by atoms with Crippen molar-refractivity contribution in [3.8, 4) is 0 Å². The Morgan fingerprint density at radius 1 is 1.30 bits per heavy atom. The van der Waals surface area contributed by atoms with E-state index in [0.29, 0.717) is 49.9 Å². The largest absolute Gasteiger partial charge is 0.382 e. The van der Waals surface area contributed by atoms with E-state index in [4.69, 9.17) is 25.9 Å². The second-order valence-corrected chi connectivity index (χ2v) is 7.59. The van der Waals surface area contributed by atoms with Gasteiger partial charge in [0.2, 0.25) is 6.10 Å². The molecule has 0 radical (unpaired) electrons. The molecule has 3 aliphatic heterocycles. The summed E-state index contributed by atoms with van der Waals surface area (Å²) in [7, 11) is 0. The number of carbonyl (C=O) groups is 1. The van der Waals surface area contributed by atoms with E-state index < -0.39 is 11.9 Å². The average molecular weight is 357 g/mol. The van der Waals surface area contributed by atoms with Crippen LogP contribution in [0, 0.1) is 0 Å². The van der Waals surface area contributed by atoms with Gasteiger partial charge in [-0.25, -0.2) is 0 Å². The highest BCUT2D eigenvalue weighted by Crippen LogP contribution is 2.32. The first-order valence-corrected chi connectivity index (χ1v) is 8.90. The summed E-state index contributed by atoms with van der Waals surface area (Å²) in [6.07, 6.45) is 1.37. The van der Waals surface area contributed by atoms with Crippen LogP contribution in [0.2, 0.25) is 4.34 Å². The van der Waals surface area contributed by atoms with Crippen LogP contribution < -0.4 is 0 Å². The van der Waals surface area contributed by atoms with E-state index in [1.807, 2.05) is 17.0 Å². The summed E-state index contributed by atoms with van der Waals surface area (Å²) in [6, 6.07) is 3.73. The lowest BCUT2D eigenvalue weighted by atomic mass is 10.0. The zero-order chi connectivity index (χ0) is 15.9. The molecule has 1 aromatic rings. The van der Waals surface area contributed by atoms with Gasteiger partial charge in [-0.05, 0) is 12.1 Å². The van der Waals surface area contributed by atoms with Gasteiger partial charge in [0.05, 0.1) is 22.4 Å². The van der Waals surface area contributed by atoms with Crippen molar-refractivity contribution < 1.29 is 19.1 Å². The number of oxime groups is 1. The van der Waals surface area contributed by atoms with Gasteiger partial charge < -0.3 is 19.2 Å². The van der Waals surface area contributed by atoms with Gasteiger partial charge in [-0.15, -0.1) is 11.3 Å². The Labute approximate surface area is 142 Å². The molecule has 0 saturated carbocycles. The molecule has 1 spiro atoms. The Kier molecular flexibility index (Phi) is 4.05. The number of likely N-dealkylation sites (tertiary alicyclic amines) is 1.